The van der Waals surface area contributed by atoms with Crippen molar-refractivity contribution >= 4 is 16.1 Å². The van der Waals surface area contributed by atoms with E-state index in [2.05, 4.69) is 15.2 Å². The van der Waals surface area contributed by atoms with Gasteiger partial charge in [0, 0.05) is 19.3 Å². The van der Waals surface area contributed by atoms with Crippen molar-refractivity contribution in [3.8, 4) is 0 Å². The van der Waals surface area contributed by atoms with E-state index in [1.54, 1.807) is 0 Å². The van der Waals surface area contributed by atoms with Crippen LogP contribution < -0.4 is 0 Å². The minimum absolute atomic E-state index is 0.108. The average Bonchev–Trinajstić information content (AvgIpc) is 2.84. The Kier molecular flexibility index (Phi) is 3.37. The van der Waals surface area contributed by atoms with Crippen LogP contribution in [0.4, 0.5) is 0 Å². The van der Waals surface area contributed by atoms with Gasteiger partial charge in [0.2, 0.25) is 16.1 Å². The Morgan fingerprint density at radius 3 is 2.71 bits per heavy atom. The summed E-state index contributed by atoms with van der Waals surface area (Å²) >= 11 is 0. The van der Waals surface area contributed by atoms with E-state index in [4.69, 9.17) is 0 Å². The van der Waals surface area contributed by atoms with Gasteiger partial charge in [-0.25, -0.2) is 18.2 Å². The van der Waals surface area contributed by atoms with E-state index in [0.717, 1.165) is 0 Å². The molecule has 0 spiro atoms. The van der Waals surface area contributed by atoms with E-state index in [0.29, 0.717) is 25.9 Å². The van der Waals surface area contributed by atoms with E-state index in [-0.39, 0.29) is 10.9 Å². The maximum Gasteiger partial charge on any atom is 0.246 e. The van der Waals surface area contributed by atoms with Crippen LogP contribution in [-0.4, -0.2) is 48.1 Å². The topological polar surface area (TPSA) is 95.5 Å². The SMILES string of the molecule is O=C=NC1CCN(S(=O)(=O)c2cn[nH]c2)CC1. The molecule has 0 bridgehead atoms. The fraction of sp³-hybridized carbons (Fsp3) is 0.556. The normalized spacial score (nSPS) is 18.8. The van der Waals surface area contributed by atoms with Gasteiger partial charge in [0.05, 0.1) is 12.2 Å². The third-order valence-corrected chi connectivity index (χ3v) is 4.63. The Morgan fingerprint density at radius 1 is 1.47 bits per heavy atom. The average molecular weight is 256 g/mol. The van der Waals surface area contributed by atoms with Gasteiger partial charge in [0.1, 0.15) is 4.90 Å². The van der Waals surface area contributed by atoms with E-state index >= 15 is 0 Å². The minimum Gasteiger partial charge on any atom is -0.284 e. The zero-order chi connectivity index (χ0) is 12.3. The molecule has 1 saturated heterocycles. The smallest absolute Gasteiger partial charge is 0.246 e. The molecule has 1 aromatic rings. The van der Waals surface area contributed by atoms with Gasteiger partial charge >= 0.3 is 0 Å². The van der Waals surface area contributed by atoms with E-state index in [1.165, 1.54) is 22.8 Å². The predicted octanol–water partition coefficient (Wildman–Crippen LogP) is -0.101. The van der Waals surface area contributed by atoms with Crippen LogP contribution in [0, 0.1) is 0 Å². The summed E-state index contributed by atoms with van der Waals surface area (Å²) in [6.07, 6.45) is 5.24. The predicted molar refractivity (Wildman–Crippen MR) is 58.5 cm³/mol. The molecular weight excluding hydrogens is 244 g/mol. The van der Waals surface area contributed by atoms with Crippen molar-refractivity contribution in [3.63, 3.8) is 0 Å². The van der Waals surface area contributed by atoms with Crippen molar-refractivity contribution in [2.75, 3.05) is 13.1 Å². The quantitative estimate of drug-likeness (QED) is 0.603. The number of hydrogen-bond donors (Lipinski definition) is 1. The number of piperidine rings is 1. The summed E-state index contributed by atoms with van der Waals surface area (Å²) in [7, 11) is -3.46. The molecule has 0 unspecified atom stereocenters. The van der Waals surface area contributed by atoms with E-state index in [9.17, 15) is 13.2 Å². The summed E-state index contributed by atoms with van der Waals surface area (Å²) in [5, 5.41) is 6.11. The van der Waals surface area contributed by atoms with Crippen molar-refractivity contribution in [1.82, 2.24) is 14.5 Å². The van der Waals surface area contributed by atoms with Gasteiger partial charge in [0.25, 0.3) is 0 Å². The zero-order valence-electron chi connectivity index (χ0n) is 9.04. The summed E-state index contributed by atoms with van der Waals surface area (Å²) in [6, 6.07) is -0.108. The fourth-order valence-electron chi connectivity index (χ4n) is 1.82. The minimum atomic E-state index is -3.46. The molecular formula is C9H12N4O3S. The highest BCUT2D eigenvalue weighted by Gasteiger charge is 2.29. The molecule has 0 aliphatic carbocycles. The largest absolute Gasteiger partial charge is 0.284 e. The highest BCUT2D eigenvalue weighted by molar-refractivity contribution is 7.89. The number of H-pyrrole nitrogens is 1. The van der Waals surface area contributed by atoms with Crippen LogP contribution in [0.2, 0.25) is 0 Å². The molecule has 1 aliphatic rings. The van der Waals surface area contributed by atoms with Gasteiger partial charge in [-0.05, 0) is 12.8 Å². The molecule has 0 atom stereocenters. The molecule has 0 radical (unpaired) electrons. The molecule has 17 heavy (non-hydrogen) atoms. The standard InChI is InChI=1S/C9H12N4O3S/c14-7-10-8-1-3-13(4-2-8)17(15,16)9-5-11-12-6-9/h5-6,8H,1-4H2,(H,11,12). The first-order valence-corrected chi connectivity index (χ1v) is 6.64. The maximum atomic E-state index is 12.1. The highest BCUT2D eigenvalue weighted by Crippen LogP contribution is 2.20. The Balaban J connectivity index is 2.09. The molecule has 2 rings (SSSR count). The Bertz CT molecular complexity index is 510. The lowest BCUT2D eigenvalue weighted by molar-refractivity contribution is 0.320. The molecule has 8 heteroatoms. The highest BCUT2D eigenvalue weighted by atomic mass is 32.2. The van der Waals surface area contributed by atoms with Crippen molar-refractivity contribution in [3.05, 3.63) is 12.4 Å². The lowest BCUT2D eigenvalue weighted by Crippen LogP contribution is -2.39. The van der Waals surface area contributed by atoms with Crippen LogP contribution in [-0.2, 0) is 14.8 Å². The molecule has 2 heterocycles. The second-order valence-electron chi connectivity index (χ2n) is 3.79. The maximum absolute atomic E-state index is 12.1. The van der Waals surface area contributed by atoms with Crippen molar-refractivity contribution in [2.45, 2.75) is 23.8 Å². The number of hydrogen-bond acceptors (Lipinski definition) is 5. The van der Waals surface area contributed by atoms with Crippen LogP contribution in [0.15, 0.2) is 22.3 Å². The zero-order valence-corrected chi connectivity index (χ0v) is 9.85. The number of nitrogens with one attached hydrogen (secondary N) is 1. The molecule has 7 nitrogen and oxygen atoms in total. The Labute approximate surface area is 98.6 Å². The number of aromatic amines is 1. The summed E-state index contributed by atoms with van der Waals surface area (Å²) < 4.78 is 25.5. The molecule has 1 aliphatic heterocycles. The summed E-state index contributed by atoms with van der Waals surface area (Å²) in [6.45, 7) is 0.729. The third-order valence-electron chi connectivity index (χ3n) is 2.77. The number of rotatable bonds is 3. The lowest BCUT2D eigenvalue weighted by Gasteiger charge is -2.28. The van der Waals surface area contributed by atoms with Crippen LogP contribution in [0.5, 0.6) is 0 Å². The lowest BCUT2D eigenvalue weighted by atomic mass is 10.1. The molecule has 1 fully saturated rings. The first kappa shape index (κ1) is 12.0. The Morgan fingerprint density at radius 2 is 2.18 bits per heavy atom. The van der Waals surface area contributed by atoms with Gasteiger partial charge in [-0.15, -0.1) is 0 Å². The number of nitrogens with zero attached hydrogens (tertiary/aromatic N) is 3. The second-order valence-corrected chi connectivity index (χ2v) is 5.73. The summed E-state index contributed by atoms with van der Waals surface area (Å²) in [5.74, 6) is 0. The van der Waals surface area contributed by atoms with Crippen LogP contribution in [0.1, 0.15) is 12.8 Å². The first-order valence-electron chi connectivity index (χ1n) is 5.20. The Hall–Kier alpha value is -1.50. The van der Waals surface area contributed by atoms with E-state index < -0.39 is 10.0 Å². The molecule has 0 amide bonds. The van der Waals surface area contributed by atoms with Gasteiger partial charge in [-0.2, -0.15) is 9.40 Å². The van der Waals surface area contributed by atoms with Gasteiger partial charge in [-0.1, -0.05) is 0 Å². The van der Waals surface area contributed by atoms with Crippen molar-refractivity contribution < 1.29 is 13.2 Å². The van der Waals surface area contributed by atoms with Crippen LogP contribution >= 0.6 is 0 Å². The number of sulfonamides is 1. The van der Waals surface area contributed by atoms with Gasteiger partial charge in [0.15, 0.2) is 0 Å². The first-order chi connectivity index (χ1) is 8.14. The summed E-state index contributed by atoms with van der Waals surface area (Å²) in [5.41, 5.74) is 0. The monoisotopic (exact) mass is 256 g/mol. The molecule has 0 saturated carbocycles. The second kappa shape index (κ2) is 4.79. The molecule has 92 valence electrons. The fourth-order valence-corrected chi connectivity index (χ4v) is 3.19. The number of aliphatic imine (C=N–C) groups is 1. The molecule has 1 aromatic heterocycles. The number of isocyanates is 1. The molecule has 0 aromatic carbocycles. The number of aromatic nitrogens is 2. The van der Waals surface area contributed by atoms with Crippen molar-refractivity contribution in [2.24, 2.45) is 4.99 Å². The van der Waals surface area contributed by atoms with Gasteiger partial charge in [-0.3, -0.25) is 5.10 Å². The molecule has 1 N–H and O–H groups in total. The number of carbonyl (C=O) groups excluding carboxylic acids is 1. The van der Waals surface area contributed by atoms with E-state index in [1.807, 2.05) is 0 Å². The third kappa shape index (κ3) is 2.44. The van der Waals surface area contributed by atoms with Crippen LogP contribution in [0.25, 0.3) is 0 Å². The van der Waals surface area contributed by atoms with Crippen LogP contribution in [0.3, 0.4) is 0 Å². The van der Waals surface area contributed by atoms with Crippen molar-refractivity contribution in [1.29, 1.82) is 0 Å². The van der Waals surface area contributed by atoms with Gasteiger partial charge < -0.3 is 0 Å². The summed E-state index contributed by atoms with van der Waals surface area (Å²) in [4.78, 5) is 13.9.